The third-order valence-corrected chi connectivity index (χ3v) is 3.47. The molecule has 3 rings (SSSR count). The Kier molecular flexibility index (Phi) is 5.14. The van der Waals surface area contributed by atoms with Gasteiger partial charge >= 0.3 is 6.18 Å². The van der Waals surface area contributed by atoms with Gasteiger partial charge in [-0.15, -0.1) is 0 Å². The minimum Gasteiger partial charge on any atom is -0.367 e. The first-order valence-corrected chi connectivity index (χ1v) is 7.71. The van der Waals surface area contributed by atoms with Crippen molar-refractivity contribution in [3.05, 3.63) is 30.7 Å². The Labute approximate surface area is 149 Å². The molecule has 0 aliphatic rings. The minimum absolute atomic E-state index is 0.103. The molecule has 0 atom stereocenters. The molecule has 0 saturated heterocycles. The summed E-state index contributed by atoms with van der Waals surface area (Å²) in [5, 5.41) is 4.95. The molecule has 0 saturated carbocycles. The number of carbonyl (C=O) groups is 1. The van der Waals surface area contributed by atoms with Gasteiger partial charge in [-0.05, 0) is 0 Å². The lowest BCUT2D eigenvalue weighted by molar-refractivity contribution is -0.138. The molecule has 0 unspecified atom stereocenters. The molecular formula is C15H13F4N7O. The van der Waals surface area contributed by atoms with Gasteiger partial charge < -0.3 is 15.6 Å². The van der Waals surface area contributed by atoms with Crippen LogP contribution in [-0.2, 0) is 4.79 Å². The average Bonchev–Trinajstić information content (AvgIpc) is 3.05. The first-order chi connectivity index (χ1) is 12.8. The van der Waals surface area contributed by atoms with E-state index in [2.05, 4.69) is 30.2 Å². The van der Waals surface area contributed by atoms with E-state index in [9.17, 15) is 22.4 Å². The Morgan fingerprint density at radius 1 is 1.22 bits per heavy atom. The van der Waals surface area contributed by atoms with Gasteiger partial charge in [0.1, 0.15) is 18.5 Å². The second kappa shape index (κ2) is 7.51. The third-order valence-electron chi connectivity index (χ3n) is 3.47. The molecule has 0 aromatic carbocycles. The molecule has 8 nitrogen and oxygen atoms in total. The summed E-state index contributed by atoms with van der Waals surface area (Å²) in [7, 11) is 0. The van der Waals surface area contributed by atoms with Gasteiger partial charge in [-0.1, -0.05) is 0 Å². The molecule has 3 aromatic heterocycles. The molecule has 3 heterocycles. The summed E-state index contributed by atoms with van der Waals surface area (Å²) in [6.07, 6.45) is 0.706. The predicted molar refractivity (Wildman–Crippen MR) is 87.0 cm³/mol. The van der Waals surface area contributed by atoms with Crippen LogP contribution in [0.25, 0.3) is 22.4 Å². The number of nitrogens with zero attached hydrogens (tertiary/aromatic N) is 4. The molecule has 3 aromatic rings. The lowest BCUT2D eigenvalue weighted by Gasteiger charge is -2.10. The molecule has 0 aliphatic carbocycles. The summed E-state index contributed by atoms with van der Waals surface area (Å²) in [5.74, 6) is -1.55. The van der Waals surface area contributed by atoms with Crippen molar-refractivity contribution in [2.75, 3.05) is 18.4 Å². The van der Waals surface area contributed by atoms with Gasteiger partial charge in [0, 0.05) is 36.3 Å². The van der Waals surface area contributed by atoms with Gasteiger partial charge in [-0.2, -0.15) is 13.2 Å². The fourth-order valence-corrected chi connectivity index (χ4v) is 2.25. The molecule has 3 N–H and O–H groups in total. The highest BCUT2D eigenvalue weighted by molar-refractivity contribution is 5.90. The number of hydrogen-bond acceptors (Lipinski definition) is 6. The second-order valence-corrected chi connectivity index (χ2v) is 5.45. The molecule has 12 heteroatoms. The molecule has 0 spiro atoms. The van der Waals surface area contributed by atoms with Crippen molar-refractivity contribution in [1.29, 1.82) is 0 Å². The molecule has 1 amide bonds. The average molecular weight is 383 g/mol. The Balaban J connectivity index is 1.67. The van der Waals surface area contributed by atoms with Crippen molar-refractivity contribution in [3.8, 4) is 11.4 Å². The first kappa shape index (κ1) is 18.5. The Morgan fingerprint density at radius 3 is 2.81 bits per heavy atom. The van der Waals surface area contributed by atoms with E-state index in [1.54, 1.807) is 17.7 Å². The summed E-state index contributed by atoms with van der Waals surface area (Å²) in [6, 6.07) is 0. The van der Waals surface area contributed by atoms with Crippen LogP contribution in [0.4, 0.5) is 23.4 Å². The highest BCUT2D eigenvalue weighted by Crippen LogP contribution is 2.25. The number of halogens is 4. The van der Waals surface area contributed by atoms with Crippen molar-refractivity contribution >= 4 is 22.8 Å². The van der Waals surface area contributed by atoms with E-state index >= 15 is 0 Å². The molecular weight excluding hydrogens is 370 g/mol. The van der Waals surface area contributed by atoms with Crippen LogP contribution in [0.3, 0.4) is 0 Å². The highest BCUT2D eigenvalue weighted by Gasteiger charge is 2.27. The second-order valence-electron chi connectivity index (χ2n) is 5.45. The number of carbonyl (C=O) groups excluding carboxylic acids is 1. The molecule has 142 valence electrons. The van der Waals surface area contributed by atoms with Crippen LogP contribution >= 0.6 is 0 Å². The smallest absolute Gasteiger partial charge is 0.367 e. The Hall–Kier alpha value is -3.31. The Bertz CT molecular complexity index is 957. The summed E-state index contributed by atoms with van der Waals surface area (Å²) < 4.78 is 50.0. The fraction of sp³-hybridized carbons (Fsp3) is 0.267. The highest BCUT2D eigenvalue weighted by atomic mass is 19.4. The van der Waals surface area contributed by atoms with Crippen molar-refractivity contribution in [3.63, 3.8) is 0 Å². The SMILES string of the molecule is O=C(CCNc1nc(-c2c[nH]c3ncncc23)ncc1F)NCC(F)(F)F. The zero-order valence-corrected chi connectivity index (χ0v) is 13.6. The van der Waals surface area contributed by atoms with E-state index in [0.717, 1.165) is 6.20 Å². The van der Waals surface area contributed by atoms with E-state index in [-0.39, 0.29) is 24.6 Å². The fourth-order valence-electron chi connectivity index (χ4n) is 2.25. The van der Waals surface area contributed by atoms with Crippen LogP contribution in [-0.4, -0.2) is 50.1 Å². The summed E-state index contributed by atoms with van der Waals surface area (Å²) in [5.41, 5.74) is 1.11. The normalized spacial score (nSPS) is 11.6. The van der Waals surface area contributed by atoms with Gasteiger partial charge in [-0.3, -0.25) is 4.79 Å². The molecule has 0 fully saturated rings. The van der Waals surface area contributed by atoms with E-state index in [1.165, 1.54) is 6.33 Å². The lowest BCUT2D eigenvalue weighted by Crippen LogP contribution is -2.34. The maximum Gasteiger partial charge on any atom is 0.405 e. The van der Waals surface area contributed by atoms with E-state index in [4.69, 9.17) is 0 Å². The standard InChI is InChI=1S/C15H13F4N7O/c16-10-5-23-13(9-4-22-12-8(9)3-20-7-25-12)26-14(10)21-2-1-11(27)24-6-15(17,18)19/h3-5,7H,1-2,6H2,(H,24,27)(H,20,22,25)(H,21,23,26). The molecule has 0 bridgehead atoms. The van der Waals surface area contributed by atoms with Gasteiger partial charge in [0.15, 0.2) is 17.5 Å². The van der Waals surface area contributed by atoms with Gasteiger partial charge in [0.25, 0.3) is 0 Å². The summed E-state index contributed by atoms with van der Waals surface area (Å²) >= 11 is 0. The van der Waals surface area contributed by atoms with Crippen LogP contribution in [0.1, 0.15) is 6.42 Å². The number of amides is 1. The quantitative estimate of drug-likeness (QED) is 0.562. The number of aromatic amines is 1. The predicted octanol–water partition coefficient (Wildman–Crippen LogP) is 2.03. The van der Waals surface area contributed by atoms with E-state index < -0.39 is 24.4 Å². The van der Waals surface area contributed by atoms with E-state index in [0.29, 0.717) is 16.6 Å². The number of aromatic nitrogens is 5. The topological polar surface area (TPSA) is 108 Å². The molecule has 0 radical (unpaired) electrons. The minimum atomic E-state index is -4.49. The third kappa shape index (κ3) is 4.65. The van der Waals surface area contributed by atoms with Crippen molar-refractivity contribution < 1.29 is 22.4 Å². The number of H-pyrrole nitrogens is 1. The number of anilines is 1. The number of fused-ring (bicyclic) bond motifs is 1. The number of nitrogens with one attached hydrogen (secondary N) is 3. The van der Waals surface area contributed by atoms with Crippen molar-refractivity contribution in [2.24, 2.45) is 0 Å². The summed E-state index contributed by atoms with van der Waals surface area (Å²) in [6.45, 7) is -1.52. The van der Waals surface area contributed by atoms with E-state index in [1.807, 2.05) is 0 Å². The van der Waals surface area contributed by atoms with Gasteiger partial charge in [0.2, 0.25) is 5.91 Å². The van der Waals surface area contributed by atoms with Gasteiger partial charge in [0.05, 0.1) is 6.20 Å². The first-order valence-electron chi connectivity index (χ1n) is 7.71. The number of rotatable bonds is 6. The van der Waals surface area contributed by atoms with Gasteiger partial charge in [-0.25, -0.2) is 24.3 Å². The zero-order chi connectivity index (χ0) is 19.4. The summed E-state index contributed by atoms with van der Waals surface area (Å²) in [4.78, 5) is 30.2. The molecule has 27 heavy (non-hydrogen) atoms. The molecule has 0 aliphatic heterocycles. The Morgan fingerprint density at radius 2 is 2.04 bits per heavy atom. The lowest BCUT2D eigenvalue weighted by atomic mass is 10.2. The van der Waals surface area contributed by atoms with Crippen LogP contribution in [0.15, 0.2) is 24.9 Å². The number of hydrogen-bond donors (Lipinski definition) is 3. The van der Waals surface area contributed by atoms with Crippen molar-refractivity contribution in [1.82, 2.24) is 30.2 Å². The maximum atomic E-state index is 13.9. The van der Waals surface area contributed by atoms with Crippen LogP contribution in [0, 0.1) is 5.82 Å². The monoisotopic (exact) mass is 383 g/mol. The van der Waals surface area contributed by atoms with Crippen LogP contribution in [0.5, 0.6) is 0 Å². The number of alkyl halides is 3. The zero-order valence-electron chi connectivity index (χ0n) is 13.6. The van der Waals surface area contributed by atoms with Crippen molar-refractivity contribution in [2.45, 2.75) is 12.6 Å². The van der Waals surface area contributed by atoms with Crippen LogP contribution < -0.4 is 10.6 Å². The largest absolute Gasteiger partial charge is 0.405 e. The maximum absolute atomic E-state index is 13.9. The van der Waals surface area contributed by atoms with Crippen LogP contribution in [0.2, 0.25) is 0 Å².